The summed E-state index contributed by atoms with van der Waals surface area (Å²) in [5.41, 5.74) is 2.43. The first-order valence-electron chi connectivity index (χ1n) is 8.63. The smallest absolute Gasteiger partial charge is 0.135 e. The lowest BCUT2D eigenvalue weighted by atomic mass is 9.94. The van der Waals surface area contributed by atoms with Gasteiger partial charge in [-0.3, -0.25) is 5.41 Å². The molecule has 2 N–H and O–H groups in total. The van der Waals surface area contributed by atoms with Crippen LogP contribution in [0.4, 0.5) is 0 Å². The minimum atomic E-state index is 0.271. The van der Waals surface area contributed by atoms with Crippen molar-refractivity contribution in [2.75, 3.05) is 6.54 Å². The first kappa shape index (κ1) is 16.6. The minimum Gasteiger partial charge on any atom is -0.510 e. The zero-order valence-corrected chi connectivity index (χ0v) is 15.4. The third-order valence-electron chi connectivity index (χ3n) is 5.01. The zero-order chi connectivity index (χ0) is 17.4. The quantitative estimate of drug-likeness (QED) is 0.761. The molecule has 4 nitrogen and oxygen atoms in total. The summed E-state index contributed by atoms with van der Waals surface area (Å²) in [5.74, 6) is 0.689. The number of aliphatic hydroxyl groups excluding tert-OH is 1. The molecule has 6 heteroatoms. The normalized spacial score (nSPS) is 19.1. The van der Waals surface area contributed by atoms with E-state index in [-0.39, 0.29) is 5.76 Å². The second-order valence-electron chi connectivity index (χ2n) is 6.63. The largest absolute Gasteiger partial charge is 0.510 e. The molecule has 25 heavy (non-hydrogen) atoms. The predicted octanol–water partition coefficient (Wildman–Crippen LogP) is 5.36. The Morgan fingerprint density at radius 3 is 2.60 bits per heavy atom. The Balaban J connectivity index is 1.58. The topological polar surface area (TPSA) is 60.2 Å². The lowest BCUT2D eigenvalue weighted by Crippen LogP contribution is -2.38. The van der Waals surface area contributed by atoms with Crippen molar-refractivity contribution >= 4 is 34.3 Å². The van der Waals surface area contributed by atoms with E-state index >= 15 is 0 Å². The van der Waals surface area contributed by atoms with Crippen LogP contribution in [0.25, 0.3) is 16.8 Å². The van der Waals surface area contributed by atoms with Gasteiger partial charge >= 0.3 is 0 Å². The molecule has 1 aliphatic carbocycles. The van der Waals surface area contributed by atoms with Gasteiger partial charge in [-0.15, -0.1) is 11.3 Å². The van der Waals surface area contributed by atoms with Gasteiger partial charge < -0.3 is 10.0 Å². The third kappa shape index (κ3) is 3.18. The molecule has 2 aromatic rings. The van der Waals surface area contributed by atoms with Gasteiger partial charge in [0, 0.05) is 22.0 Å². The van der Waals surface area contributed by atoms with Crippen LogP contribution in [0.5, 0.6) is 0 Å². The summed E-state index contributed by atoms with van der Waals surface area (Å²) in [5, 5.41) is 22.4. The fraction of sp³-hybridized carbons (Fsp3) is 0.368. The second kappa shape index (κ2) is 6.81. The number of halogens is 1. The molecule has 1 saturated carbocycles. The molecular weight excluding hydrogens is 354 g/mol. The maximum Gasteiger partial charge on any atom is 0.135 e. The molecule has 0 unspecified atom stereocenters. The first-order chi connectivity index (χ1) is 12.1. The molecule has 130 valence electrons. The van der Waals surface area contributed by atoms with E-state index in [1.54, 1.807) is 0 Å². The number of rotatable bonds is 3. The number of nitrogens with one attached hydrogen (secondary N) is 1. The number of thiazole rings is 1. The van der Waals surface area contributed by atoms with Crippen LogP contribution in [0.2, 0.25) is 5.02 Å². The molecule has 4 rings (SSSR count). The molecule has 1 aliphatic heterocycles. The molecule has 1 fully saturated rings. The third-order valence-corrected chi connectivity index (χ3v) is 6.12. The van der Waals surface area contributed by atoms with Crippen molar-refractivity contribution in [2.24, 2.45) is 0 Å². The van der Waals surface area contributed by atoms with Gasteiger partial charge in [0.1, 0.15) is 16.6 Å². The van der Waals surface area contributed by atoms with Gasteiger partial charge in [-0.2, -0.15) is 0 Å². The van der Waals surface area contributed by atoms with Crippen molar-refractivity contribution < 1.29 is 5.11 Å². The number of amidine groups is 1. The number of nitrogens with zero attached hydrogens (tertiary/aromatic N) is 2. The van der Waals surface area contributed by atoms with Gasteiger partial charge in [-0.1, -0.05) is 43.0 Å². The van der Waals surface area contributed by atoms with Crippen LogP contribution in [0.3, 0.4) is 0 Å². The van der Waals surface area contributed by atoms with Gasteiger partial charge in [-0.25, -0.2) is 4.98 Å². The van der Waals surface area contributed by atoms with E-state index < -0.39 is 0 Å². The van der Waals surface area contributed by atoms with Crippen LogP contribution in [-0.4, -0.2) is 33.4 Å². The molecule has 2 aliphatic rings. The minimum absolute atomic E-state index is 0.271. The molecule has 0 bridgehead atoms. The standard InChI is InChI=1S/C19H20ClN3OS/c20-13-8-6-12(7-9-13)15-11-25-19(22-15)17-16(24)10-23(18(17)21)14-4-2-1-3-5-14/h6-9,11,14,21,24H,1-5,10H2. The van der Waals surface area contributed by atoms with Crippen molar-refractivity contribution in [2.45, 2.75) is 38.1 Å². The van der Waals surface area contributed by atoms with Crippen molar-refractivity contribution in [1.82, 2.24) is 9.88 Å². The molecule has 2 heterocycles. The monoisotopic (exact) mass is 373 g/mol. The molecule has 0 amide bonds. The number of benzene rings is 1. The molecule has 1 aromatic carbocycles. The molecule has 0 atom stereocenters. The maximum absolute atomic E-state index is 10.5. The molecule has 1 aromatic heterocycles. The lowest BCUT2D eigenvalue weighted by molar-refractivity contribution is 0.241. The Bertz CT molecular complexity index is 821. The highest BCUT2D eigenvalue weighted by atomic mass is 35.5. The van der Waals surface area contributed by atoms with Gasteiger partial charge in [0.2, 0.25) is 0 Å². The molecule has 0 radical (unpaired) electrons. The Morgan fingerprint density at radius 1 is 1.16 bits per heavy atom. The SMILES string of the molecule is N=C1C(c2nc(-c3ccc(Cl)cc3)cs2)=C(O)CN1C1CCCCC1. The summed E-state index contributed by atoms with van der Waals surface area (Å²) in [6.07, 6.45) is 5.92. The van der Waals surface area contributed by atoms with Crippen LogP contribution < -0.4 is 0 Å². The number of aromatic nitrogens is 1. The van der Waals surface area contributed by atoms with E-state index in [2.05, 4.69) is 4.98 Å². The Morgan fingerprint density at radius 2 is 1.88 bits per heavy atom. The highest BCUT2D eigenvalue weighted by Crippen LogP contribution is 2.35. The summed E-state index contributed by atoms with van der Waals surface area (Å²) in [4.78, 5) is 6.71. The van der Waals surface area contributed by atoms with Gasteiger partial charge in [0.15, 0.2) is 0 Å². The first-order valence-corrected chi connectivity index (χ1v) is 9.89. The highest BCUT2D eigenvalue weighted by molar-refractivity contribution is 7.11. The van der Waals surface area contributed by atoms with Crippen molar-refractivity contribution in [3.8, 4) is 11.3 Å². The summed E-state index contributed by atoms with van der Waals surface area (Å²) >= 11 is 7.42. The van der Waals surface area contributed by atoms with Crippen LogP contribution in [0.1, 0.15) is 37.1 Å². The van der Waals surface area contributed by atoms with E-state index in [0.717, 1.165) is 24.1 Å². The van der Waals surface area contributed by atoms with Crippen LogP contribution in [-0.2, 0) is 0 Å². The van der Waals surface area contributed by atoms with Crippen LogP contribution in [0, 0.1) is 5.41 Å². The number of hydrogen-bond acceptors (Lipinski definition) is 4. The van der Waals surface area contributed by atoms with Crippen molar-refractivity contribution in [3.05, 3.63) is 45.4 Å². The average molecular weight is 374 g/mol. The van der Waals surface area contributed by atoms with Crippen molar-refractivity contribution in [3.63, 3.8) is 0 Å². The summed E-state index contributed by atoms with van der Waals surface area (Å²) in [7, 11) is 0. The molecule has 0 spiro atoms. The Kier molecular flexibility index (Phi) is 4.52. The maximum atomic E-state index is 10.5. The highest BCUT2D eigenvalue weighted by Gasteiger charge is 2.34. The number of aliphatic hydroxyl groups is 1. The lowest BCUT2D eigenvalue weighted by Gasteiger charge is -2.32. The van der Waals surface area contributed by atoms with E-state index in [1.807, 2.05) is 34.5 Å². The predicted molar refractivity (Wildman–Crippen MR) is 103 cm³/mol. The van der Waals surface area contributed by atoms with Gasteiger partial charge in [0.25, 0.3) is 0 Å². The van der Waals surface area contributed by atoms with E-state index in [0.29, 0.717) is 34.0 Å². The van der Waals surface area contributed by atoms with E-state index in [9.17, 15) is 5.11 Å². The summed E-state index contributed by atoms with van der Waals surface area (Å²) < 4.78 is 0. The fourth-order valence-electron chi connectivity index (χ4n) is 3.67. The van der Waals surface area contributed by atoms with Crippen LogP contribution >= 0.6 is 22.9 Å². The molecular formula is C19H20ClN3OS. The fourth-order valence-corrected chi connectivity index (χ4v) is 4.69. The Hall–Kier alpha value is -1.85. The van der Waals surface area contributed by atoms with E-state index in [1.165, 1.54) is 30.6 Å². The average Bonchev–Trinajstić information content (AvgIpc) is 3.21. The van der Waals surface area contributed by atoms with Crippen LogP contribution in [0.15, 0.2) is 35.4 Å². The van der Waals surface area contributed by atoms with Gasteiger partial charge in [-0.05, 0) is 25.0 Å². The second-order valence-corrected chi connectivity index (χ2v) is 7.93. The Labute approximate surface area is 156 Å². The van der Waals surface area contributed by atoms with Gasteiger partial charge in [0.05, 0.1) is 17.8 Å². The summed E-state index contributed by atoms with van der Waals surface area (Å²) in [6, 6.07) is 7.92. The zero-order valence-electron chi connectivity index (χ0n) is 13.8. The van der Waals surface area contributed by atoms with Crippen molar-refractivity contribution in [1.29, 1.82) is 5.41 Å². The summed E-state index contributed by atoms with van der Waals surface area (Å²) in [6.45, 7) is 0.439. The number of hydrogen-bond donors (Lipinski definition) is 2. The van der Waals surface area contributed by atoms with E-state index in [4.69, 9.17) is 17.0 Å². The molecule has 0 saturated heterocycles.